The summed E-state index contributed by atoms with van der Waals surface area (Å²) in [5, 5.41) is 0. The number of benzene rings is 1. The van der Waals surface area contributed by atoms with Crippen molar-refractivity contribution in [1.29, 1.82) is 0 Å². The lowest BCUT2D eigenvalue weighted by Crippen LogP contribution is -3.00. The number of ether oxygens (including phenoxy) is 2. The van der Waals surface area contributed by atoms with Gasteiger partial charge in [-0.3, -0.25) is 4.90 Å². The molecule has 0 unspecified atom stereocenters. The molecule has 1 aromatic rings. The SMILES string of the molecule is Cc1ccc(SCCOCCN2CCOCC2)cc1.[Cl-]. The molecule has 0 aromatic heterocycles. The molecule has 5 heteroatoms. The highest BCUT2D eigenvalue weighted by molar-refractivity contribution is 7.99. The molecule has 0 radical (unpaired) electrons. The van der Waals surface area contributed by atoms with Gasteiger partial charge in [-0.15, -0.1) is 11.8 Å². The van der Waals surface area contributed by atoms with E-state index in [2.05, 4.69) is 36.1 Å². The van der Waals surface area contributed by atoms with Gasteiger partial charge in [0.15, 0.2) is 0 Å². The average molecular weight is 317 g/mol. The van der Waals surface area contributed by atoms with Crippen LogP contribution in [0.4, 0.5) is 0 Å². The Hall–Kier alpha value is -0.260. The zero-order chi connectivity index (χ0) is 13.3. The van der Waals surface area contributed by atoms with Crippen LogP contribution >= 0.6 is 11.8 Å². The van der Waals surface area contributed by atoms with E-state index in [1.54, 1.807) is 0 Å². The largest absolute Gasteiger partial charge is 1.00 e. The number of hydrogen-bond acceptors (Lipinski definition) is 4. The molecule has 1 heterocycles. The van der Waals surface area contributed by atoms with Gasteiger partial charge in [-0.2, -0.15) is 0 Å². The Morgan fingerprint density at radius 3 is 2.55 bits per heavy atom. The van der Waals surface area contributed by atoms with Gasteiger partial charge in [-0.25, -0.2) is 0 Å². The van der Waals surface area contributed by atoms with Crippen molar-refractivity contribution in [3.63, 3.8) is 0 Å². The van der Waals surface area contributed by atoms with Crippen molar-refractivity contribution < 1.29 is 21.9 Å². The molecule has 1 fully saturated rings. The van der Waals surface area contributed by atoms with E-state index in [0.29, 0.717) is 0 Å². The highest BCUT2D eigenvalue weighted by Crippen LogP contribution is 2.17. The molecule has 0 spiro atoms. The third kappa shape index (κ3) is 6.95. The molecule has 0 amide bonds. The molecular weight excluding hydrogens is 294 g/mol. The number of aryl methyl sites for hydroxylation is 1. The van der Waals surface area contributed by atoms with E-state index in [1.807, 2.05) is 11.8 Å². The van der Waals surface area contributed by atoms with E-state index in [0.717, 1.165) is 51.8 Å². The molecule has 0 saturated carbocycles. The van der Waals surface area contributed by atoms with Crippen molar-refractivity contribution in [2.24, 2.45) is 0 Å². The molecule has 114 valence electrons. The Morgan fingerprint density at radius 1 is 1.15 bits per heavy atom. The lowest BCUT2D eigenvalue weighted by Gasteiger charge is -2.26. The molecular formula is C15H23ClNO2S-. The van der Waals surface area contributed by atoms with Gasteiger partial charge in [-0.1, -0.05) is 17.7 Å². The first kappa shape index (κ1) is 17.8. The minimum absolute atomic E-state index is 0. The molecule has 0 bridgehead atoms. The Kier molecular flexibility index (Phi) is 9.31. The van der Waals surface area contributed by atoms with E-state index in [1.165, 1.54) is 10.5 Å². The topological polar surface area (TPSA) is 21.7 Å². The maximum atomic E-state index is 5.68. The van der Waals surface area contributed by atoms with Crippen LogP contribution in [0.3, 0.4) is 0 Å². The summed E-state index contributed by atoms with van der Waals surface area (Å²) < 4.78 is 11.0. The van der Waals surface area contributed by atoms with Crippen molar-refractivity contribution in [1.82, 2.24) is 4.90 Å². The highest BCUT2D eigenvalue weighted by Gasteiger charge is 2.09. The van der Waals surface area contributed by atoms with Gasteiger partial charge in [0.25, 0.3) is 0 Å². The summed E-state index contributed by atoms with van der Waals surface area (Å²) >= 11 is 1.86. The first-order valence-corrected chi connectivity index (χ1v) is 7.90. The number of thioether (sulfide) groups is 1. The van der Waals surface area contributed by atoms with E-state index in [-0.39, 0.29) is 12.4 Å². The van der Waals surface area contributed by atoms with Crippen LogP contribution in [0.25, 0.3) is 0 Å². The predicted octanol–water partition coefficient (Wildman–Crippen LogP) is -0.560. The van der Waals surface area contributed by atoms with Crippen LogP contribution in [0.2, 0.25) is 0 Å². The van der Waals surface area contributed by atoms with Crippen molar-refractivity contribution >= 4 is 11.8 Å². The van der Waals surface area contributed by atoms with Gasteiger partial charge in [0.1, 0.15) is 0 Å². The molecule has 3 nitrogen and oxygen atoms in total. The third-order valence-electron chi connectivity index (χ3n) is 3.17. The summed E-state index contributed by atoms with van der Waals surface area (Å²) in [6.07, 6.45) is 0. The summed E-state index contributed by atoms with van der Waals surface area (Å²) in [6, 6.07) is 8.66. The normalized spacial score (nSPS) is 15.8. The number of hydrogen-bond donors (Lipinski definition) is 0. The fourth-order valence-electron chi connectivity index (χ4n) is 1.97. The first-order chi connectivity index (χ1) is 9.34. The van der Waals surface area contributed by atoms with Crippen LogP contribution in [0.15, 0.2) is 29.2 Å². The van der Waals surface area contributed by atoms with Crippen LogP contribution in [-0.4, -0.2) is 56.7 Å². The van der Waals surface area contributed by atoms with E-state index >= 15 is 0 Å². The molecule has 1 aliphatic heterocycles. The minimum Gasteiger partial charge on any atom is -1.00 e. The van der Waals surface area contributed by atoms with Crippen LogP contribution < -0.4 is 12.4 Å². The number of rotatable bonds is 7. The summed E-state index contributed by atoms with van der Waals surface area (Å²) in [4.78, 5) is 3.72. The molecule has 1 aromatic carbocycles. The fourth-order valence-corrected chi connectivity index (χ4v) is 2.74. The number of nitrogens with zero attached hydrogens (tertiary/aromatic N) is 1. The lowest BCUT2D eigenvalue weighted by atomic mass is 10.2. The minimum atomic E-state index is 0. The van der Waals surface area contributed by atoms with Gasteiger partial charge < -0.3 is 21.9 Å². The van der Waals surface area contributed by atoms with Gasteiger partial charge in [-0.05, 0) is 19.1 Å². The van der Waals surface area contributed by atoms with Crippen LogP contribution in [-0.2, 0) is 9.47 Å². The second-order valence-corrected chi connectivity index (χ2v) is 5.90. The maximum Gasteiger partial charge on any atom is 0.0594 e. The highest BCUT2D eigenvalue weighted by atomic mass is 35.5. The average Bonchev–Trinajstić information content (AvgIpc) is 2.46. The summed E-state index contributed by atoms with van der Waals surface area (Å²) in [6.45, 7) is 8.61. The Bertz CT molecular complexity index is 355. The van der Waals surface area contributed by atoms with Crippen molar-refractivity contribution in [2.45, 2.75) is 11.8 Å². The van der Waals surface area contributed by atoms with Crippen LogP contribution in [0.5, 0.6) is 0 Å². The summed E-state index contributed by atoms with van der Waals surface area (Å²) in [5.41, 5.74) is 1.31. The quantitative estimate of drug-likeness (QED) is 0.496. The van der Waals surface area contributed by atoms with Crippen molar-refractivity contribution in [3.8, 4) is 0 Å². The number of halogens is 1. The zero-order valence-corrected chi connectivity index (χ0v) is 13.6. The first-order valence-electron chi connectivity index (χ1n) is 6.92. The Morgan fingerprint density at radius 2 is 1.85 bits per heavy atom. The standard InChI is InChI=1S/C15H23NO2S.ClH/c1-14-2-4-15(5-3-14)19-13-12-18-11-8-16-6-9-17-10-7-16;/h2-5H,6-13H2,1H3;1H/p-1. The summed E-state index contributed by atoms with van der Waals surface area (Å²) in [5.74, 6) is 1.02. The summed E-state index contributed by atoms with van der Waals surface area (Å²) in [7, 11) is 0. The van der Waals surface area contributed by atoms with E-state index in [9.17, 15) is 0 Å². The second kappa shape index (κ2) is 10.5. The molecule has 2 rings (SSSR count). The molecule has 0 atom stereocenters. The van der Waals surface area contributed by atoms with Gasteiger partial charge >= 0.3 is 0 Å². The van der Waals surface area contributed by atoms with E-state index < -0.39 is 0 Å². The zero-order valence-electron chi connectivity index (χ0n) is 12.0. The molecule has 20 heavy (non-hydrogen) atoms. The second-order valence-electron chi connectivity index (χ2n) is 4.73. The Labute approximate surface area is 132 Å². The van der Waals surface area contributed by atoms with Crippen LogP contribution in [0, 0.1) is 6.92 Å². The van der Waals surface area contributed by atoms with Crippen molar-refractivity contribution in [2.75, 3.05) is 51.8 Å². The van der Waals surface area contributed by atoms with Gasteiger partial charge in [0.05, 0.1) is 26.4 Å². The van der Waals surface area contributed by atoms with Gasteiger partial charge in [0, 0.05) is 30.3 Å². The molecule has 1 saturated heterocycles. The fraction of sp³-hybridized carbons (Fsp3) is 0.600. The van der Waals surface area contributed by atoms with Gasteiger partial charge in [0.2, 0.25) is 0 Å². The molecule has 1 aliphatic rings. The smallest absolute Gasteiger partial charge is 0.0594 e. The maximum absolute atomic E-state index is 5.68. The third-order valence-corrected chi connectivity index (χ3v) is 4.15. The monoisotopic (exact) mass is 316 g/mol. The predicted molar refractivity (Wildman–Crippen MR) is 80.0 cm³/mol. The van der Waals surface area contributed by atoms with E-state index in [4.69, 9.17) is 9.47 Å². The molecule has 0 aliphatic carbocycles. The van der Waals surface area contributed by atoms with Crippen molar-refractivity contribution in [3.05, 3.63) is 29.8 Å². The number of morpholine rings is 1. The molecule has 0 N–H and O–H groups in total. The lowest BCUT2D eigenvalue weighted by molar-refractivity contribution is -0.00000885. The Balaban J connectivity index is 0.00000200. The van der Waals surface area contributed by atoms with Crippen LogP contribution in [0.1, 0.15) is 5.56 Å².